The molecule has 2 saturated heterocycles. The highest BCUT2D eigenvalue weighted by atomic mass is 35.5. The fourth-order valence-electron chi connectivity index (χ4n) is 3.36. The van der Waals surface area contributed by atoms with Gasteiger partial charge in [0.15, 0.2) is 0 Å². The topological polar surface area (TPSA) is 39.3 Å². The molecule has 0 N–H and O–H groups in total. The maximum Gasteiger partial charge on any atom is 0.236 e. The Hall–Kier alpha value is -1.50. The van der Waals surface area contributed by atoms with E-state index in [9.17, 15) is 4.79 Å². The lowest BCUT2D eigenvalue weighted by atomic mass is 10.2. The van der Waals surface area contributed by atoms with Gasteiger partial charge < -0.3 is 19.4 Å². The fraction of sp³-hybridized carbons (Fsp3) is 0.611. The Morgan fingerprint density at radius 3 is 2.40 bits per heavy atom. The molecule has 0 bridgehead atoms. The van der Waals surface area contributed by atoms with E-state index in [-0.39, 0.29) is 5.91 Å². The lowest BCUT2D eigenvalue weighted by Gasteiger charge is -2.38. The number of carbonyl (C=O) groups is 1. The first kappa shape index (κ1) is 18.3. The molecule has 0 saturated carbocycles. The Morgan fingerprint density at radius 2 is 1.76 bits per heavy atom. The number of benzene rings is 1. The van der Waals surface area contributed by atoms with Crippen LogP contribution in [0.15, 0.2) is 18.2 Å². The van der Waals surface area contributed by atoms with E-state index in [4.69, 9.17) is 16.3 Å². The summed E-state index contributed by atoms with van der Waals surface area (Å²) in [5.74, 6) is 0.936. The molecule has 0 aliphatic carbocycles. The molecule has 138 valence electrons. The van der Waals surface area contributed by atoms with E-state index in [0.717, 1.165) is 58.0 Å². The quantitative estimate of drug-likeness (QED) is 0.802. The second-order valence-electron chi connectivity index (χ2n) is 6.77. The van der Waals surface area contributed by atoms with Crippen LogP contribution in [-0.4, -0.2) is 93.7 Å². The smallest absolute Gasteiger partial charge is 0.236 e. The third-order valence-electron chi connectivity index (χ3n) is 5.09. The Labute approximate surface area is 154 Å². The van der Waals surface area contributed by atoms with E-state index in [2.05, 4.69) is 21.7 Å². The first-order valence-corrected chi connectivity index (χ1v) is 9.22. The summed E-state index contributed by atoms with van der Waals surface area (Å²) in [6.45, 7) is 7.77. The number of nitrogens with zero attached hydrogens (tertiary/aromatic N) is 4. The van der Waals surface area contributed by atoms with Gasteiger partial charge in [0.2, 0.25) is 5.91 Å². The van der Waals surface area contributed by atoms with Crippen molar-refractivity contribution < 1.29 is 9.53 Å². The number of methoxy groups -OCH3 is 1. The zero-order valence-corrected chi connectivity index (χ0v) is 15.8. The van der Waals surface area contributed by atoms with Gasteiger partial charge in [0.05, 0.1) is 18.7 Å². The molecule has 2 aliphatic rings. The third kappa shape index (κ3) is 4.57. The SMILES string of the molecule is COc1cc(N2CCN(C(=O)CN3CCN(C)CC3)CC2)ccc1Cl. The van der Waals surface area contributed by atoms with Crippen molar-refractivity contribution in [1.82, 2.24) is 14.7 Å². The molecule has 6 nitrogen and oxygen atoms in total. The van der Waals surface area contributed by atoms with Gasteiger partial charge >= 0.3 is 0 Å². The van der Waals surface area contributed by atoms with Crippen molar-refractivity contribution in [2.24, 2.45) is 0 Å². The average Bonchev–Trinajstić information content (AvgIpc) is 2.64. The number of piperazine rings is 2. The molecule has 2 aliphatic heterocycles. The van der Waals surface area contributed by atoms with Crippen molar-refractivity contribution in [2.45, 2.75) is 0 Å². The number of anilines is 1. The van der Waals surface area contributed by atoms with Crippen LogP contribution in [-0.2, 0) is 4.79 Å². The number of halogens is 1. The van der Waals surface area contributed by atoms with Crippen molar-refractivity contribution in [3.8, 4) is 5.75 Å². The van der Waals surface area contributed by atoms with Gasteiger partial charge in [-0.3, -0.25) is 9.69 Å². The summed E-state index contributed by atoms with van der Waals surface area (Å²) in [6, 6.07) is 5.83. The molecule has 25 heavy (non-hydrogen) atoms. The van der Waals surface area contributed by atoms with Crippen LogP contribution in [0, 0.1) is 0 Å². The largest absolute Gasteiger partial charge is 0.495 e. The van der Waals surface area contributed by atoms with E-state index in [1.165, 1.54) is 0 Å². The van der Waals surface area contributed by atoms with Crippen molar-refractivity contribution in [3.63, 3.8) is 0 Å². The minimum Gasteiger partial charge on any atom is -0.495 e. The molecular weight excluding hydrogens is 340 g/mol. The van der Waals surface area contributed by atoms with E-state index in [1.807, 2.05) is 23.1 Å². The Morgan fingerprint density at radius 1 is 1.08 bits per heavy atom. The number of likely N-dealkylation sites (N-methyl/N-ethyl adjacent to an activating group) is 1. The van der Waals surface area contributed by atoms with Gasteiger partial charge in [0, 0.05) is 64.1 Å². The van der Waals surface area contributed by atoms with Gasteiger partial charge in [-0.25, -0.2) is 0 Å². The van der Waals surface area contributed by atoms with Crippen molar-refractivity contribution in [1.29, 1.82) is 0 Å². The first-order chi connectivity index (χ1) is 12.1. The number of amides is 1. The molecule has 0 radical (unpaired) electrons. The van der Waals surface area contributed by atoms with Crippen LogP contribution < -0.4 is 9.64 Å². The zero-order chi connectivity index (χ0) is 17.8. The van der Waals surface area contributed by atoms with Gasteiger partial charge in [-0.2, -0.15) is 0 Å². The molecule has 0 unspecified atom stereocenters. The van der Waals surface area contributed by atoms with Crippen LogP contribution >= 0.6 is 11.6 Å². The molecule has 2 heterocycles. The van der Waals surface area contributed by atoms with Crippen LogP contribution in [0.2, 0.25) is 5.02 Å². The summed E-state index contributed by atoms with van der Waals surface area (Å²) in [5.41, 5.74) is 1.09. The predicted molar refractivity (Wildman–Crippen MR) is 101 cm³/mol. The number of rotatable bonds is 4. The van der Waals surface area contributed by atoms with Crippen molar-refractivity contribution in [3.05, 3.63) is 23.2 Å². The summed E-state index contributed by atoms with van der Waals surface area (Å²) in [6.07, 6.45) is 0. The molecule has 7 heteroatoms. The normalized spacial score (nSPS) is 20.0. The minimum atomic E-state index is 0.248. The molecule has 0 aromatic heterocycles. The molecule has 1 amide bonds. The molecule has 1 aromatic carbocycles. The first-order valence-electron chi connectivity index (χ1n) is 8.84. The van der Waals surface area contributed by atoms with Crippen LogP contribution in [0.5, 0.6) is 5.75 Å². The summed E-state index contributed by atoms with van der Waals surface area (Å²) in [5, 5.41) is 0.618. The van der Waals surface area contributed by atoms with Crippen LogP contribution in [0.4, 0.5) is 5.69 Å². The van der Waals surface area contributed by atoms with E-state index < -0.39 is 0 Å². The van der Waals surface area contributed by atoms with Gasteiger partial charge in [-0.15, -0.1) is 0 Å². The van der Waals surface area contributed by atoms with Crippen molar-refractivity contribution in [2.75, 3.05) is 78.0 Å². The maximum atomic E-state index is 12.6. The van der Waals surface area contributed by atoms with Crippen LogP contribution in [0.1, 0.15) is 0 Å². The van der Waals surface area contributed by atoms with Gasteiger partial charge in [-0.05, 0) is 19.2 Å². The minimum absolute atomic E-state index is 0.248. The summed E-state index contributed by atoms with van der Waals surface area (Å²) in [4.78, 5) is 21.4. The summed E-state index contributed by atoms with van der Waals surface area (Å²) < 4.78 is 5.30. The summed E-state index contributed by atoms with van der Waals surface area (Å²) >= 11 is 6.10. The monoisotopic (exact) mass is 366 g/mol. The molecule has 1 aromatic rings. The number of hydrogen-bond acceptors (Lipinski definition) is 5. The van der Waals surface area contributed by atoms with Gasteiger partial charge in [-0.1, -0.05) is 11.6 Å². The molecule has 0 spiro atoms. The van der Waals surface area contributed by atoms with E-state index in [0.29, 0.717) is 17.3 Å². The lowest BCUT2D eigenvalue weighted by molar-refractivity contribution is -0.133. The predicted octanol–water partition coefficient (Wildman–Crippen LogP) is 1.24. The van der Waals surface area contributed by atoms with E-state index >= 15 is 0 Å². The molecular formula is C18H27ClN4O2. The highest BCUT2D eigenvalue weighted by molar-refractivity contribution is 6.32. The number of ether oxygens (including phenoxy) is 1. The standard InChI is InChI=1S/C18H27ClN4O2/c1-20-5-7-21(8-6-20)14-18(24)23-11-9-22(10-12-23)15-3-4-16(19)17(13-15)25-2/h3-4,13H,5-12,14H2,1-2H3. The molecule has 3 rings (SSSR count). The van der Waals surface area contributed by atoms with Crippen LogP contribution in [0.3, 0.4) is 0 Å². The highest BCUT2D eigenvalue weighted by Crippen LogP contribution is 2.29. The van der Waals surface area contributed by atoms with Crippen LogP contribution in [0.25, 0.3) is 0 Å². The van der Waals surface area contributed by atoms with Crippen molar-refractivity contribution >= 4 is 23.2 Å². The molecule has 0 atom stereocenters. The Balaban J connectivity index is 1.50. The number of hydrogen-bond donors (Lipinski definition) is 0. The Bertz CT molecular complexity index is 597. The maximum absolute atomic E-state index is 12.6. The average molecular weight is 367 g/mol. The second kappa shape index (κ2) is 8.25. The fourth-order valence-corrected chi connectivity index (χ4v) is 3.55. The van der Waals surface area contributed by atoms with Gasteiger partial charge in [0.25, 0.3) is 0 Å². The molecule has 2 fully saturated rings. The summed E-state index contributed by atoms with van der Waals surface area (Å²) in [7, 11) is 3.75. The third-order valence-corrected chi connectivity index (χ3v) is 5.40. The second-order valence-corrected chi connectivity index (χ2v) is 7.17. The highest BCUT2D eigenvalue weighted by Gasteiger charge is 2.24. The number of carbonyl (C=O) groups excluding carboxylic acids is 1. The zero-order valence-electron chi connectivity index (χ0n) is 15.1. The Kier molecular flexibility index (Phi) is 6.04. The van der Waals surface area contributed by atoms with Gasteiger partial charge in [0.1, 0.15) is 5.75 Å². The lowest BCUT2D eigenvalue weighted by Crippen LogP contribution is -2.53. The van der Waals surface area contributed by atoms with E-state index in [1.54, 1.807) is 7.11 Å².